The number of anilines is 1. The molecule has 0 bridgehead atoms. The van der Waals surface area contributed by atoms with Crippen molar-refractivity contribution in [3.63, 3.8) is 0 Å². The SMILES string of the molecule is COCCN(CC(=O)O)c1ccc([N+](=O)[O-])c2nonc12. The summed E-state index contributed by atoms with van der Waals surface area (Å²) >= 11 is 0. The van der Waals surface area contributed by atoms with Crippen molar-refractivity contribution in [2.24, 2.45) is 0 Å². The van der Waals surface area contributed by atoms with Crippen LogP contribution in [-0.2, 0) is 9.53 Å². The quantitative estimate of drug-likeness (QED) is 0.578. The number of carboxylic acids is 1. The molecule has 1 heterocycles. The topological polar surface area (TPSA) is 132 Å². The van der Waals surface area contributed by atoms with Crippen LogP contribution in [0.2, 0.25) is 0 Å². The zero-order valence-corrected chi connectivity index (χ0v) is 11.1. The predicted molar refractivity (Wildman–Crippen MR) is 70.2 cm³/mol. The fraction of sp³-hybridized carbons (Fsp3) is 0.364. The highest BCUT2D eigenvalue weighted by Gasteiger charge is 2.23. The Kier molecular flexibility index (Phi) is 4.28. The number of aliphatic carboxylic acids is 1. The summed E-state index contributed by atoms with van der Waals surface area (Å²) < 4.78 is 9.47. The molecule has 0 saturated heterocycles. The third-order valence-corrected chi connectivity index (χ3v) is 2.80. The van der Waals surface area contributed by atoms with E-state index in [2.05, 4.69) is 14.9 Å². The van der Waals surface area contributed by atoms with Crippen LogP contribution in [0.4, 0.5) is 11.4 Å². The number of methoxy groups -OCH3 is 1. The van der Waals surface area contributed by atoms with Gasteiger partial charge in [0.2, 0.25) is 5.52 Å². The number of carbonyl (C=O) groups is 1. The molecular weight excluding hydrogens is 284 g/mol. The Labute approximate surface area is 118 Å². The maximum Gasteiger partial charge on any atom is 0.323 e. The number of aromatic nitrogens is 2. The Morgan fingerprint density at radius 1 is 1.48 bits per heavy atom. The van der Waals surface area contributed by atoms with E-state index in [9.17, 15) is 14.9 Å². The molecule has 0 aliphatic heterocycles. The van der Waals surface area contributed by atoms with Gasteiger partial charge in [0.05, 0.1) is 17.2 Å². The van der Waals surface area contributed by atoms with Gasteiger partial charge in [-0.05, 0) is 16.4 Å². The number of hydrogen-bond donors (Lipinski definition) is 1. The third kappa shape index (κ3) is 3.05. The second-order valence-electron chi connectivity index (χ2n) is 4.13. The van der Waals surface area contributed by atoms with Crippen LogP contribution < -0.4 is 4.90 Å². The fourth-order valence-electron chi connectivity index (χ4n) is 1.89. The summed E-state index contributed by atoms with van der Waals surface area (Å²) in [6, 6.07) is 2.66. The Balaban J connectivity index is 2.47. The van der Waals surface area contributed by atoms with Crippen molar-refractivity contribution in [1.29, 1.82) is 0 Å². The highest BCUT2D eigenvalue weighted by Crippen LogP contribution is 2.30. The summed E-state index contributed by atoms with van der Waals surface area (Å²) in [5.41, 5.74) is 0.250. The van der Waals surface area contributed by atoms with Gasteiger partial charge in [0.25, 0.3) is 0 Å². The molecule has 2 rings (SSSR count). The van der Waals surface area contributed by atoms with E-state index in [-0.39, 0.29) is 36.4 Å². The number of benzene rings is 1. The molecule has 21 heavy (non-hydrogen) atoms. The van der Waals surface area contributed by atoms with E-state index in [1.165, 1.54) is 24.1 Å². The number of fused-ring (bicyclic) bond motifs is 1. The molecule has 0 radical (unpaired) electrons. The molecule has 10 nitrogen and oxygen atoms in total. The van der Waals surface area contributed by atoms with Crippen LogP contribution >= 0.6 is 0 Å². The lowest BCUT2D eigenvalue weighted by molar-refractivity contribution is -0.383. The second-order valence-corrected chi connectivity index (χ2v) is 4.13. The van der Waals surface area contributed by atoms with Gasteiger partial charge in [-0.3, -0.25) is 14.9 Å². The summed E-state index contributed by atoms with van der Waals surface area (Å²) in [5.74, 6) is -1.05. The normalized spacial score (nSPS) is 10.7. The minimum Gasteiger partial charge on any atom is -0.480 e. The Morgan fingerprint density at radius 2 is 2.19 bits per heavy atom. The lowest BCUT2D eigenvalue weighted by Crippen LogP contribution is -2.32. The number of ether oxygens (including phenoxy) is 1. The molecular formula is C11H12N4O6. The van der Waals surface area contributed by atoms with E-state index in [1.807, 2.05) is 0 Å². The van der Waals surface area contributed by atoms with Gasteiger partial charge in [-0.2, -0.15) is 0 Å². The average Bonchev–Trinajstić information content (AvgIpc) is 2.91. The van der Waals surface area contributed by atoms with E-state index >= 15 is 0 Å². The lowest BCUT2D eigenvalue weighted by Gasteiger charge is -2.22. The van der Waals surface area contributed by atoms with E-state index < -0.39 is 10.9 Å². The van der Waals surface area contributed by atoms with Crippen molar-refractivity contribution in [2.75, 3.05) is 31.7 Å². The standard InChI is InChI=1S/C11H12N4O6/c1-20-5-4-14(6-9(16)17)7-2-3-8(15(18)19)11-10(7)12-21-13-11/h2-3H,4-6H2,1H3,(H,16,17). The summed E-state index contributed by atoms with van der Waals surface area (Å²) in [5, 5.41) is 27.0. The summed E-state index contributed by atoms with van der Waals surface area (Å²) in [4.78, 5) is 22.7. The van der Waals surface area contributed by atoms with E-state index in [4.69, 9.17) is 9.84 Å². The largest absolute Gasteiger partial charge is 0.480 e. The summed E-state index contributed by atoms with van der Waals surface area (Å²) in [6.07, 6.45) is 0. The van der Waals surface area contributed by atoms with Gasteiger partial charge in [0, 0.05) is 19.7 Å². The first-order valence-corrected chi connectivity index (χ1v) is 5.90. The maximum atomic E-state index is 10.9. The van der Waals surface area contributed by atoms with Gasteiger partial charge >= 0.3 is 11.7 Å². The third-order valence-electron chi connectivity index (χ3n) is 2.80. The molecule has 10 heteroatoms. The molecule has 112 valence electrons. The molecule has 0 saturated carbocycles. The van der Waals surface area contributed by atoms with Gasteiger partial charge < -0.3 is 14.7 Å². The molecule has 0 aliphatic carbocycles. The Morgan fingerprint density at radius 3 is 2.81 bits per heavy atom. The van der Waals surface area contributed by atoms with Crippen molar-refractivity contribution >= 4 is 28.4 Å². The summed E-state index contributed by atoms with van der Waals surface area (Å²) in [6.45, 7) is 0.267. The predicted octanol–water partition coefficient (Wildman–Crippen LogP) is 0.668. The minimum atomic E-state index is -1.05. The van der Waals surface area contributed by atoms with Crippen LogP contribution in [0.3, 0.4) is 0 Å². The van der Waals surface area contributed by atoms with Crippen molar-refractivity contribution in [3.05, 3.63) is 22.2 Å². The molecule has 0 fully saturated rings. The van der Waals surface area contributed by atoms with E-state index in [0.717, 1.165) is 0 Å². The monoisotopic (exact) mass is 296 g/mol. The molecule has 0 unspecified atom stereocenters. The molecule has 2 aromatic rings. The van der Waals surface area contributed by atoms with Crippen LogP contribution in [0.25, 0.3) is 11.0 Å². The van der Waals surface area contributed by atoms with Gasteiger partial charge in [-0.25, -0.2) is 4.63 Å². The molecule has 1 aromatic heterocycles. The zero-order chi connectivity index (χ0) is 15.4. The number of carboxylic acid groups (broad SMARTS) is 1. The molecule has 0 amide bonds. The van der Waals surface area contributed by atoms with Gasteiger partial charge in [0.15, 0.2) is 5.52 Å². The van der Waals surface area contributed by atoms with Crippen molar-refractivity contribution in [2.45, 2.75) is 0 Å². The first kappa shape index (κ1) is 14.7. The van der Waals surface area contributed by atoms with Gasteiger partial charge in [0.1, 0.15) is 6.54 Å². The minimum absolute atomic E-state index is 0.0229. The number of rotatable bonds is 7. The molecule has 1 N–H and O–H groups in total. The van der Waals surface area contributed by atoms with Gasteiger partial charge in [-0.1, -0.05) is 0 Å². The van der Waals surface area contributed by atoms with Crippen molar-refractivity contribution < 1.29 is 24.2 Å². The number of nitro groups is 1. The van der Waals surface area contributed by atoms with E-state index in [1.54, 1.807) is 0 Å². The van der Waals surface area contributed by atoms with Gasteiger partial charge in [-0.15, -0.1) is 0 Å². The van der Waals surface area contributed by atoms with Crippen LogP contribution in [0.5, 0.6) is 0 Å². The highest BCUT2D eigenvalue weighted by atomic mass is 16.6. The summed E-state index contributed by atoms with van der Waals surface area (Å²) in [7, 11) is 1.49. The van der Waals surface area contributed by atoms with Crippen LogP contribution in [0.15, 0.2) is 16.8 Å². The molecule has 1 aromatic carbocycles. The number of nitro benzene ring substituents is 1. The van der Waals surface area contributed by atoms with Crippen LogP contribution in [0, 0.1) is 10.1 Å². The van der Waals surface area contributed by atoms with Crippen LogP contribution in [-0.4, -0.2) is 53.1 Å². The first-order valence-electron chi connectivity index (χ1n) is 5.90. The van der Waals surface area contributed by atoms with Crippen molar-refractivity contribution in [3.8, 4) is 0 Å². The van der Waals surface area contributed by atoms with Crippen LogP contribution in [0.1, 0.15) is 0 Å². The highest BCUT2D eigenvalue weighted by molar-refractivity contribution is 5.94. The first-order chi connectivity index (χ1) is 10.0. The van der Waals surface area contributed by atoms with Crippen molar-refractivity contribution in [1.82, 2.24) is 10.3 Å². The lowest BCUT2D eigenvalue weighted by atomic mass is 10.2. The fourth-order valence-corrected chi connectivity index (χ4v) is 1.89. The number of hydrogen-bond acceptors (Lipinski definition) is 8. The Bertz CT molecular complexity index is 670. The molecule has 0 aliphatic rings. The van der Waals surface area contributed by atoms with E-state index in [0.29, 0.717) is 5.69 Å². The molecule has 0 atom stereocenters. The maximum absolute atomic E-state index is 10.9. The number of nitrogens with zero attached hydrogens (tertiary/aromatic N) is 4. The zero-order valence-electron chi connectivity index (χ0n) is 11.1. The molecule has 0 spiro atoms. The second kappa shape index (κ2) is 6.13. The average molecular weight is 296 g/mol. The Hall–Kier alpha value is -2.75. The smallest absolute Gasteiger partial charge is 0.323 e. The number of non-ortho nitro benzene ring substituents is 1.